The van der Waals surface area contributed by atoms with Gasteiger partial charge in [0.1, 0.15) is 0 Å². The lowest BCUT2D eigenvalue weighted by Crippen LogP contribution is -2.45. The van der Waals surface area contributed by atoms with E-state index in [9.17, 15) is 4.79 Å². The molecule has 3 fully saturated rings. The van der Waals surface area contributed by atoms with Crippen molar-refractivity contribution in [3.05, 3.63) is 0 Å². The highest BCUT2D eigenvalue weighted by atomic mass is 16.2. The SMILES string of the molecule is CN=C(NCCC(=O)N1CCCCC1C)N1CCC2(CCCCC2)C1. The molecule has 3 rings (SSSR count). The van der Waals surface area contributed by atoms with Gasteiger partial charge in [-0.15, -0.1) is 0 Å². The van der Waals surface area contributed by atoms with Gasteiger partial charge < -0.3 is 15.1 Å². The molecular formula is C20H36N4O. The van der Waals surface area contributed by atoms with Crippen LogP contribution in [0.1, 0.15) is 71.1 Å². The van der Waals surface area contributed by atoms with E-state index in [1.165, 1.54) is 44.9 Å². The number of nitrogens with one attached hydrogen (secondary N) is 1. The predicted octanol–water partition coefficient (Wildman–Crippen LogP) is 3.01. The Kier molecular flexibility index (Phi) is 6.24. The Morgan fingerprint density at radius 3 is 2.64 bits per heavy atom. The van der Waals surface area contributed by atoms with Crippen LogP contribution in [0.3, 0.4) is 0 Å². The fourth-order valence-corrected chi connectivity index (χ4v) is 5.05. The third-order valence-corrected chi connectivity index (χ3v) is 6.61. The molecule has 0 radical (unpaired) electrons. The topological polar surface area (TPSA) is 47.9 Å². The largest absolute Gasteiger partial charge is 0.356 e. The fourth-order valence-electron chi connectivity index (χ4n) is 5.05. The Bertz CT molecular complexity index is 484. The highest BCUT2D eigenvalue weighted by Gasteiger charge is 2.39. The molecule has 1 spiro atoms. The minimum absolute atomic E-state index is 0.292. The zero-order chi connectivity index (χ0) is 17.7. The van der Waals surface area contributed by atoms with E-state index in [2.05, 4.69) is 27.0 Å². The Hall–Kier alpha value is -1.26. The maximum absolute atomic E-state index is 12.5. The summed E-state index contributed by atoms with van der Waals surface area (Å²) >= 11 is 0. The first kappa shape index (κ1) is 18.5. The number of hydrogen-bond acceptors (Lipinski definition) is 2. The normalized spacial score (nSPS) is 27.0. The molecule has 5 nitrogen and oxygen atoms in total. The number of carbonyl (C=O) groups is 1. The van der Waals surface area contributed by atoms with Crippen LogP contribution < -0.4 is 5.32 Å². The Labute approximate surface area is 153 Å². The van der Waals surface area contributed by atoms with Crippen molar-refractivity contribution in [2.24, 2.45) is 10.4 Å². The summed E-state index contributed by atoms with van der Waals surface area (Å²) in [6.07, 6.45) is 12.4. The molecule has 5 heteroatoms. The van der Waals surface area contributed by atoms with Gasteiger partial charge in [0, 0.05) is 45.7 Å². The Morgan fingerprint density at radius 2 is 1.92 bits per heavy atom. The lowest BCUT2D eigenvalue weighted by atomic mass is 9.73. The minimum Gasteiger partial charge on any atom is -0.356 e. The lowest BCUT2D eigenvalue weighted by Gasteiger charge is -2.34. The molecule has 1 unspecified atom stereocenters. The number of rotatable bonds is 3. The first-order valence-electron chi connectivity index (χ1n) is 10.4. The first-order chi connectivity index (χ1) is 12.1. The third-order valence-electron chi connectivity index (χ3n) is 6.61. The molecule has 1 amide bonds. The fraction of sp³-hybridized carbons (Fsp3) is 0.900. The predicted molar refractivity (Wildman–Crippen MR) is 103 cm³/mol. The number of hydrogen-bond donors (Lipinski definition) is 1. The second-order valence-corrected chi connectivity index (χ2v) is 8.39. The molecular weight excluding hydrogens is 312 g/mol. The third kappa shape index (κ3) is 4.48. The quantitative estimate of drug-likeness (QED) is 0.630. The van der Waals surface area contributed by atoms with Crippen LogP contribution in [-0.2, 0) is 4.79 Å². The Morgan fingerprint density at radius 1 is 1.12 bits per heavy atom. The summed E-state index contributed by atoms with van der Waals surface area (Å²) in [6.45, 7) is 6.05. The molecule has 1 atom stereocenters. The summed E-state index contributed by atoms with van der Waals surface area (Å²) in [7, 11) is 1.86. The standard InChI is InChI=1S/C20H36N4O/c1-17-8-4-7-14-24(17)18(25)9-13-22-19(21-2)23-15-12-20(16-23)10-5-3-6-11-20/h17H,3-16H2,1-2H3,(H,21,22). The molecule has 1 aliphatic carbocycles. The summed E-state index contributed by atoms with van der Waals surface area (Å²) in [5.41, 5.74) is 0.537. The molecule has 3 aliphatic rings. The molecule has 142 valence electrons. The summed E-state index contributed by atoms with van der Waals surface area (Å²) in [4.78, 5) is 21.4. The van der Waals surface area contributed by atoms with Crippen molar-refractivity contribution in [2.75, 3.05) is 33.2 Å². The second kappa shape index (κ2) is 8.41. The number of nitrogens with zero attached hydrogens (tertiary/aromatic N) is 3. The number of amides is 1. The van der Waals surface area contributed by atoms with E-state index in [0.717, 1.165) is 38.4 Å². The van der Waals surface area contributed by atoms with Gasteiger partial charge in [0.05, 0.1) is 0 Å². The summed E-state index contributed by atoms with van der Waals surface area (Å²) in [6, 6.07) is 0.408. The lowest BCUT2D eigenvalue weighted by molar-refractivity contribution is -0.134. The Balaban J connectivity index is 1.44. The van der Waals surface area contributed by atoms with Gasteiger partial charge in [0.2, 0.25) is 5.91 Å². The number of likely N-dealkylation sites (tertiary alicyclic amines) is 2. The van der Waals surface area contributed by atoms with Crippen LogP contribution in [0.15, 0.2) is 4.99 Å². The van der Waals surface area contributed by atoms with Gasteiger partial charge in [0.25, 0.3) is 0 Å². The summed E-state index contributed by atoms with van der Waals surface area (Å²) in [5, 5.41) is 3.45. The van der Waals surface area contributed by atoms with E-state index in [0.29, 0.717) is 30.3 Å². The van der Waals surface area contributed by atoms with E-state index in [1.54, 1.807) is 0 Å². The van der Waals surface area contributed by atoms with Crippen LogP contribution in [0, 0.1) is 5.41 Å². The van der Waals surface area contributed by atoms with E-state index in [4.69, 9.17) is 0 Å². The van der Waals surface area contributed by atoms with Crippen molar-refractivity contribution in [1.82, 2.24) is 15.1 Å². The average molecular weight is 349 g/mol. The molecule has 1 saturated carbocycles. The van der Waals surface area contributed by atoms with E-state index in [1.807, 2.05) is 7.05 Å². The molecule has 2 aliphatic heterocycles. The number of carbonyl (C=O) groups excluding carboxylic acids is 1. The van der Waals surface area contributed by atoms with Crippen LogP contribution in [0.4, 0.5) is 0 Å². The number of piperidine rings is 1. The molecule has 25 heavy (non-hydrogen) atoms. The molecule has 0 aromatic carbocycles. The van der Waals surface area contributed by atoms with Crippen LogP contribution in [0.2, 0.25) is 0 Å². The smallest absolute Gasteiger partial charge is 0.224 e. The van der Waals surface area contributed by atoms with E-state index >= 15 is 0 Å². The second-order valence-electron chi connectivity index (χ2n) is 8.39. The van der Waals surface area contributed by atoms with Gasteiger partial charge in [-0.05, 0) is 50.9 Å². The molecule has 0 bridgehead atoms. The van der Waals surface area contributed by atoms with Gasteiger partial charge >= 0.3 is 0 Å². The van der Waals surface area contributed by atoms with Gasteiger partial charge in [-0.1, -0.05) is 19.3 Å². The maximum Gasteiger partial charge on any atom is 0.224 e. The number of guanidine groups is 1. The highest BCUT2D eigenvalue weighted by Crippen LogP contribution is 2.43. The monoisotopic (exact) mass is 348 g/mol. The van der Waals surface area contributed by atoms with Crippen molar-refractivity contribution >= 4 is 11.9 Å². The molecule has 0 aromatic rings. The van der Waals surface area contributed by atoms with Crippen LogP contribution in [-0.4, -0.2) is 60.9 Å². The molecule has 1 N–H and O–H groups in total. The minimum atomic E-state index is 0.292. The molecule has 0 aromatic heterocycles. The maximum atomic E-state index is 12.5. The van der Waals surface area contributed by atoms with Crippen LogP contribution in [0.25, 0.3) is 0 Å². The van der Waals surface area contributed by atoms with Crippen molar-refractivity contribution in [1.29, 1.82) is 0 Å². The molecule has 2 saturated heterocycles. The van der Waals surface area contributed by atoms with Gasteiger partial charge in [0.15, 0.2) is 5.96 Å². The summed E-state index contributed by atoms with van der Waals surface area (Å²) in [5.74, 6) is 1.28. The van der Waals surface area contributed by atoms with Gasteiger partial charge in [-0.2, -0.15) is 0 Å². The summed E-state index contributed by atoms with van der Waals surface area (Å²) < 4.78 is 0. The van der Waals surface area contributed by atoms with Gasteiger partial charge in [-0.25, -0.2) is 0 Å². The van der Waals surface area contributed by atoms with Crippen molar-refractivity contribution in [2.45, 2.75) is 77.2 Å². The number of aliphatic imine (C=N–C) groups is 1. The average Bonchev–Trinajstić information content (AvgIpc) is 3.02. The van der Waals surface area contributed by atoms with Gasteiger partial charge in [-0.3, -0.25) is 9.79 Å². The van der Waals surface area contributed by atoms with Crippen LogP contribution >= 0.6 is 0 Å². The zero-order valence-electron chi connectivity index (χ0n) is 16.2. The van der Waals surface area contributed by atoms with Crippen molar-refractivity contribution < 1.29 is 4.79 Å². The van der Waals surface area contributed by atoms with Crippen molar-refractivity contribution in [3.8, 4) is 0 Å². The van der Waals surface area contributed by atoms with Crippen molar-refractivity contribution in [3.63, 3.8) is 0 Å². The van der Waals surface area contributed by atoms with E-state index in [-0.39, 0.29) is 0 Å². The zero-order valence-corrected chi connectivity index (χ0v) is 16.2. The first-order valence-corrected chi connectivity index (χ1v) is 10.4. The van der Waals surface area contributed by atoms with Crippen LogP contribution in [0.5, 0.6) is 0 Å². The highest BCUT2D eigenvalue weighted by molar-refractivity contribution is 5.81. The van der Waals surface area contributed by atoms with E-state index < -0.39 is 0 Å². The molecule has 2 heterocycles.